The van der Waals surface area contributed by atoms with E-state index in [4.69, 9.17) is 16.9 Å². The molecule has 0 saturated carbocycles. The van der Waals surface area contributed by atoms with Gasteiger partial charge in [0.2, 0.25) is 0 Å². The molecule has 108 valence electrons. The summed E-state index contributed by atoms with van der Waals surface area (Å²) in [4.78, 5) is 8.50. The fourth-order valence-corrected chi connectivity index (χ4v) is 2.12. The second-order valence-corrected chi connectivity index (χ2v) is 4.84. The van der Waals surface area contributed by atoms with E-state index in [2.05, 4.69) is 20.4 Å². The van der Waals surface area contributed by atoms with E-state index in [0.29, 0.717) is 17.4 Å². The predicted molar refractivity (Wildman–Crippen MR) is 82.6 cm³/mol. The Morgan fingerprint density at radius 1 is 1.23 bits per heavy atom. The van der Waals surface area contributed by atoms with Gasteiger partial charge in [-0.1, -0.05) is 17.7 Å². The number of nitrogens with zero attached hydrogens (tertiary/aromatic N) is 5. The summed E-state index contributed by atoms with van der Waals surface area (Å²) in [5.74, 6) is 1.32. The van der Waals surface area contributed by atoms with Crippen LogP contribution in [0.25, 0.3) is 5.82 Å². The molecule has 6 nitrogen and oxygen atoms in total. The van der Waals surface area contributed by atoms with Gasteiger partial charge < -0.3 is 5.32 Å². The predicted octanol–water partition coefficient (Wildman–Crippen LogP) is 2.80. The summed E-state index contributed by atoms with van der Waals surface area (Å²) >= 11 is 5.87. The molecule has 3 rings (SSSR count). The van der Waals surface area contributed by atoms with Gasteiger partial charge in [-0.2, -0.15) is 10.4 Å². The van der Waals surface area contributed by atoms with Crippen molar-refractivity contribution in [2.24, 2.45) is 0 Å². The molecule has 0 spiro atoms. The quantitative estimate of drug-likeness (QED) is 0.801. The highest BCUT2D eigenvalue weighted by Gasteiger charge is 2.07. The number of aromatic nitrogens is 4. The fourth-order valence-electron chi connectivity index (χ4n) is 1.97. The standard InChI is InChI=1S/C15H11ClN6/c16-12-4-5-14(21-13(12)9-17)19-10-11-3-1-6-18-15(11)22-8-2-7-20-22/h1-8H,10H2,(H,19,21). The van der Waals surface area contributed by atoms with Crippen LogP contribution in [0.2, 0.25) is 5.02 Å². The third kappa shape index (κ3) is 2.90. The Morgan fingerprint density at radius 2 is 2.14 bits per heavy atom. The number of pyridine rings is 2. The minimum absolute atomic E-state index is 0.199. The molecule has 3 aromatic heterocycles. The van der Waals surface area contributed by atoms with Crippen molar-refractivity contribution in [3.05, 3.63) is 65.2 Å². The van der Waals surface area contributed by atoms with Crippen LogP contribution in [0.4, 0.5) is 5.82 Å². The zero-order chi connectivity index (χ0) is 15.4. The van der Waals surface area contributed by atoms with Crippen LogP contribution >= 0.6 is 11.6 Å². The van der Waals surface area contributed by atoms with Gasteiger partial charge in [0, 0.05) is 30.7 Å². The SMILES string of the molecule is N#Cc1nc(NCc2cccnc2-n2cccn2)ccc1Cl. The minimum Gasteiger partial charge on any atom is -0.366 e. The zero-order valence-corrected chi connectivity index (χ0v) is 12.2. The summed E-state index contributed by atoms with van der Waals surface area (Å²) in [7, 11) is 0. The highest BCUT2D eigenvalue weighted by Crippen LogP contribution is 2.17. The van der Waals surface area contributed by atoms with Gasteiger partial charge in [0.15, 0.2) is 11.5 Å². The lowest BCUT2D eigenvalue weighted by molar-refractivity contribution is 0.828. The van der Waals surface area contributed by atoms with Crippen LogP contribution in [0, 0.1) is 11.3 Å². The topological polar surface area (TPSA) is 79.4 Å². The summed E-state index contributed by atoms with van der Waals surface area (Å²) in [6, 6.07) is 11.0. The van der Waals surface area contributed by atoms with Gasteiger partial charge in [-0.25, -0.2) is 14.6 Å². The Balaban J connectivity index is 1.82. The fraction of sp³-hybridized carbons (Fsp3) is 0.0667. The molecule has 0 aromatic carbocycles. The summed E-state index contributed by atoms with van der Waals surface area (Å²) in [6.07, 6.45) is 5.25. The van der Waals surface area contributed by atoms with E-state index in [1.54, 1.807) is 29.2 Å². The van der Waals surface area contributed by atoms with Crippen molar-refractivity contribution >= 4 is 17.4 Å². The first-order chi connectivity index (χ1) is 10.8. The molecule has 0 saturated heterocycles. The Bertz CT molecular complexity index is 822. The van der Waals surface area contributed by atoms with Gasteiger partial charge in [-0.05, 0) is 24.3 Å². The first-order valence-electron chi connectivity index (χ1n) is 6.52. The van der Waals surface area contributed by atoms with Crippen LogP contribution in [0.15, 0.2) is 48.9 Å². The minimum atomic E-state index is 0.199. The van der Waals surface area contributed by atoms with Crippen molar-refractivity contribution in [1.29, 1.82) is 5.26 Å². The third-order valence-electron chi connectivity index (χ3n) is 3.00. The molecule has 0 atom stereocenters. The van der Waals surface area contributed by atoms with E-state index in [9.17, 15) is 0 Å². The van der Waals surface area contributed by atoms with Crippen LogP contribution in [-0.4, -0.2) is 19.7 Å². The summed E-state index contributed by atoms with van der Waals surface area (Å²) in [5.41, 5.74) is 1.16. The lowest BCUT2D eigenvalue weighted by Crippen LogP contribution is -2.08. The molecule has 0 fully saturated rings. The lowest BCUT2D eigenvalue weighted by atomic mass is 10.2. The number of halogens is 1. The van der Waals surface area contributed by atoms with Crippen molar-refractivity contribution < 1.29 is 0 Å². The Labute approximate surface area is 132 Å². The highest BCUT2D eigenvalue weighted by atomic mass is 35.5. The van der Waals surface area contributed by atoms with Gasteiger partial charge in [0.05, 0.1) is 5.02 Å². The molecular formula is C15H11ClN6. The van der Waals surface area contributed by atoms with Crippen LogP contribution in [0.5, 0.6) is 0 Å². The number of hydrogen-bond donors (Lipinski definition) is 1. The second kappa shape index (κ2) is 6.24. The van der Waals surface area contributed by atoms with Gasteiger partial charge in [0.1, 0.15) is 11.9 Å². The van der Waals surface area contributed by atoms with E-state index >= 15 is 0 Å². The molecule has 3 aromatic rings. The van der Waals surface area contributed by atoms with E-state index in [-0.39, 0.29) is 5.69 Å². The molecule has 7 heteroatoms. The van der Waals surface area contributed by atoms with Crippen LogP contribution in [0.1, 0.15) is 11.3 Å². The monoisotopic (exact) mass is 310 g/mol. The normalized spacial score (nSPS) is 10.2. The number of nitrogens with one attached hydrogen (secondary N) is 1. The number of anilines is 1. The zero-order valence-electron chi connectivity index (χ0n) is 11.4. The van der Waals surface area contributed by atoms with Crippen LogP contribution in [0.3, 0.4) is 0 Å². The van der Waals surface area contributed by atoms with E-state index in [1.165, 1.54) is 0 Å². The first-order valence-corrected chi connectivity index (χ1v) is 6.90. The maximum Gasteiger partial charge on any atom is 0.161 e. The third-order valence-corrected chi connectivity index (χ3v) is 3.31. The number of rotatable bonds is 4. The molecule has 0 amide bonds. The highest BCUT2D eigenvalue weighted by molar-refractivity contribution is 6.31. The smallest absolute Gasteiger partial charge is 0.161 e. The van der Waals surface area contributed by atoms with Crippen molar-refractivity contribution in [3.63, 3.8) is 0 Å². The average molecular weight is 311 g/mol. The van der Waals surface area contributed by atoms with Crippen LogP contribution < -0.4 is 5.32 Å². The van der Waals surface area contributed by atoms with Crippen molar-refractivity contribution in [2.45, 2.75) is 6.54 Å². The summed E-state index contributed by atoms with van der Waals surface area (Å²) < 4.78 is 1.70. The van der Waals surface area contributed by atoms with Crippen molar-refractivity contribution in [3.8, 4) is 11.9 Å². The lowest BCUT2D eigenvalue weighted by Gasteiger charge is -2.10. The molecule has 22 heavy (non-hydrogen) atoms. The molecular weight excluding hydrogens is 300 g/mol. The first kappa shape index (κ1) is 14.0. The molecule has 0 aliphatic carbocycles. The van der Waals surface area contributed by atoms with Crippen molar-refractivity contribution in [1.82, 2.24) is 19.7 Å². The largest absolute Gasteiger partial charge is 0.366 e. The van der Waals surface area contributed by atoms with Gasteiger partial charge >= 0.3 is 0 Å². The molecule has 0 bridgehead atoms. The maximum atomic E-state index is 8.95. The average Bonchev–Trinajstić information content (AvgIpc) is 3.08. The second-order valence-electron chi connectivity index (χ2n) is 4.43. The molecule has 0 radical (unpaired) electrons. The van der Waals surface area contributed by atoms with Crippen molar-refractivity contribution in [2.75, 3.05) is 5.32 Å². The van der Waals surface area contributed by atoms with E-state index in [0.717, 1.165) is 11.4 Å². The molecule has 3 heterocycles. The Kier molecular flexibility index (Phi) is 3.99. The van der Waals surface area contributed by atoms with Crippen LogP contribution in [-0.2, 0) is 6.54 Å². The molecule has 0 aliphatic rings. The van der Waals surface area contributed by atoms with E-state index in [1.807, 2.05) is 30.5 Å². The van der Waals surface area contributed by atoms with Gasteiger partial charge in [-0.15, -0.1) is 0 Å². The van der Waals surface area contributed by atoms with Gasteiger partial charge in [-0.3, -0.25) is 0 Å². The number of hydrogen-bond acceptors (Lipinski definition) is 5. The number of nitriles is 1. The molecule has 0 unspecified atom stereocenters. The summed E-state index contributed by atoms with van der Waals surface area (Å²) in [5, 5.41) is 16.6. The van der Waals surface area contributed by atoms with Gasteiger partial charge in [0.25, 0.3) is 0 Å². The summed E-state index contributed by atoms with van der Waals surface area (Å²) in [6.45, 7) is 0.503. The molecule has 1 N–H and O–H groups in total. The Morgan fingerprint density at radius 3 is 2.91 bits per heavy atom. The molecule has 0 aliphatic heterocycles. The maximum absolute atomic E-state index is 8.95. The Hall–Kier alpha value is -2.91. The van der Waals surface area contributed by atoms with E-state index < -0.39 is 0 Å².